The number of carbonyl (C=O) groups is 2. The van der Waals surface area contributed by atoms with Crippen LogP contribution >= 0.6 is 0 Å². The Labute approximate surface area is 169 Å². The van der Waals surface area contributed by atoms with E-state index in [-0.39, 0.29) is 25.1 Å². The van der Waals surface area contributed by atoms with Gasteiger partial charge in [-0.2, -0.15) is 0 Å². The van der Waals surface area contributed by atoms with E-state index in [1.807, 2.05) is 36.4 Å². The zero-order valence-electron chi connectivity index (χ0n) is 16.5. The van der Waals surface area contributed by atoms with Crippen LogP contribution in [0.3, 0.4) is 0 Å². The van der Waals surface area contributed by atoms with Crippen molar-refractivity contribution in [3.8, 4) is 11.5 Å². The van der Waals surface area contributed by atoms with Gasteiger partial charge in [0.05, 0.1) is 20.3 Å². The molecule has 8 nitrogen and oxygen atoms in total. The van der Waals surface area contributed by atoms with E-state index in [0.717, 1.165) is 11.1 Å². The van der Waals surface area contributed by atoms with Gasteiger partial charge in [-0.3, -0.25) is 4.79 Å². The number of hydrogen-bond donors (Lipinski definition) is 2. The second-order valence-electron chi connectivity index (χ2n) is 6.63. The Kier molecular flexibility index (Phi) is 6.56. The summed E-state index contributed by atoms with van der Waals surface area (Å²) in [5.74, 6) is 1.07. The van der Waals surface area contributed by atoms with Crippen LogP contribution in [0, 0.1) is 0 Å². The average molecular weight is 399 g/mol. The van der Waals surface area contributed by atoms with Crippen molar-refractivity contribution in [3.05, 3.63) is 59.7 Å². The van der Waals surface area contributed by atoms with Gasteiger partial charge in [0.15, 0.2) is 0 Å². The van der Waals surface area contributed by atoms with Crippen molar-refractivity contribution in [2.24, 2.45) is 5.73 Å². The maximum Gasteiger partial charge on any atom is 0.408 e. The number of nitrogens with one attached hydrogen (secondary N) is 1. The van der Waals surface area contributed by atoms with Crippen molar-refractivity contribution >= 4 is 12.0 Å². The summed E-state index contributed by atoms with van der Waals surface area (Å²) in [6.45, 7) is 0.673. The summed E-state index contributed by atoms with van der Waals surface area (Å²) in [5.41, 5.74) is 7.54. The number of benzene rings is 2. The third-order valence-corrected chi connectivity index (χ3v) is 4.90. The number of nitrogens with two attached hydrogens (primary N) is 1. The van der Waals surface area contributed by atoms with Gasteiger partial charge >= 0.3 is 6.09 Å². The third-order valence-electron chi connectivity index (χ3n) is 4.90. The Hall–Kier alpha value is -3.26. The molecule has 154 valence electrons. The van der Waals surface area contributed by atoms with Gasteiger partial charge in [0.1, 0.15) is 24.1 Å². The molecule has 29 heavy (non-hydrogen) atoms. The molecule has 0 bridgehead atoms. The molecule has 0 radical (unpaired) electrons. The van der Waals surface area contributed by atoms with Crippen LogP contribution in [0.15, 0.2) is 48.5 Å². The Morgan fingerprint density at radius 1 is 1.14 bits per heavy atom. The maximum absolute atomic E-state index is 12.6. The van der Waals surface area contributed by atoms with Crippen molar-refractivity contribution in [2.75, 3.05) is 20.8 Å². The molecule has 2 aromatic carbocycles. The van der Waals surface area contributed by atoms with Crippen LogP contribution in [0.2, 0.25) is 0 Å². The monoisotopic (exact) mass is 399 g/mol. The number of ether oxygens (including phenoxy) is 3. The standard InChI is InChI=1S/C21H25N3O5/c1-27-16-9-8-15(18(10-16)28-2)12-24-17(11-22)19(20(24)25)23-21(26)29-13-14-6-4-3-5-7-14/h3-10,17,19H,11-13,22H2,1-2H3,(H,23,26). The first-order chi connectivity index (χ1) is 14.1. The molecule has 1 saturated heterocycles. The molecule has 1 heterocycles. The van der Waals surface area contributed by atoms with Gasteiger partial charge in [-0.25, -0.2) is 4.79 Å². The summed E-state index contributed by atoms with van der Waals surface area (Å²) < 4.78 is 15.8. The van der Waals surface area contributed by atoms with Crippen molar-refractivity contribution < 1.29 is 23.8 Å². The SMILES string of the molecule is COc1ccc(CN2C(=O)C(NC(=O)OCc3ccccc3)C2CN)c(OC)c1. The van der Waals surface area contributed by atoms with Gasteiger partial charge in [0.25, 0.3) is 0 Å². The van der Waals surface area contributed by atoms with Crippen molar-refractivity contribution in [1.29, 1.82) is 0 Å². The molecular formula is C21H25N3O5. The number of β-lactam (4-membered cyclic amide) rings is 1. The van der Waals surface area contributed by atoms with Gasteiger partial charge < -0.3 is 30.2 Å². The van der Waals surface area contributed by atoms with Crippen LogP contribution in [-0.4, -0.2) is 49.7 Å². The number of likely N-dealkylation sites (tertiary alicyclic amines) is 1. The first kappa shape index (κ1) is 20.5. The van der Waals surface area contributed by atoms with E-state index in [9.17, 15) is 9.59 Å². The molecule has 2 aromatic rings. The minimum atomic E-state index is -0.701. The van der Waals surface area contributed by atoms with E-state index in [1.165, 1.54) is 0 Å². The Morgan fingerprint density at radius 2 is 1.90 bits per heavy atom. The largest absolute Gasteiger partial charge is 0.497 e. The fourth-order valence-corrected chi connectivity index (χ4v) is 3.28. The molecule has 3 N–H and O–H groups in total. The highest BCUT2D eigenvalue weighted by atomic mass is 16.5. The highest BCUT2D eigenvalue weighted by molar-refractivity contribution is 5.92. The van der Waals surface area contributed by atoms with Gasteiger partial charge in [0, 0.05) is 24.7 Å². The lowest BCUT2D eigenvalue weighted by molar-refractivity contribution is -0.151. The van der Waals surface area contributed by atoms with Crippen LogP contribution in [0.5, 0.6) is 11.5 Å². The molecule has 0 spiro atoms. The predicted octanol–water partition coefficient (Wildman–Crippen LogP) is 1.67. The molecule has 2 unspecified atom stereocenters. The van der Waals surface area contributed by atoms with Crippen molar-refractivity contribution in [3.63, 3.8) is 0 Å². The van der Waals surface area contributed by atoms with E-state index in [1.54, 1.807) is 31.3 Å². The van der Waals surface area contributed by atoms with Crippen molar-refractivity contribution in [1.82, 2.24) is 10.2 Å². The third kappa shape index (κ3) is 4.60. The molecular weight excluding hydrogens is 374 g/mol. The highest BCUT2D eigenvalue weighted by Gasteiger charge is 2.47. The highest BCUT2D eigenvalue weighted by Crippen LogP contribution is 2.29. The molecule has 2 atom stereocenters. The molecule has 3 rings (SSSR count). The summed E-state index contributed by atoms with van der Waals surface area (Å²) in [6.07, 6.45) is -0.646. The zero-order valence-corrected chi connectivity index (χ0v) is 16.5. The molecule has 8 heteroatoms. The molecule has 1 aliphatic heterocycles. The van der Waals surface area contributed by atoms with E-state index < -0.39 is 12.1 Å². The summed E-state index contributed by atoms with van der Waals surface area (Å²) in [7, 11) is 3.13. The number of carbonyl (C=O) groups excluding carboxylic acids is 2. The second kappa shape index (κ2) is 9.29. The van der Waals surface area contributed by atoms with E-state index in [0.29, 0.717) is 18.0 Å². The molecule has 0 aromatic heterocycles. The lowest BCUT2D eigenvalue weighted by atomic mass is 9.94. The van der Waals surface area contributed by atoms with Gasteiger partial charge in [0.2, 0.25) is 5.91 Å². The van der Waals surface area contributed by atoms with Crippen LogP contribution in [0.4, 0.5) is 4.79 Å². The smallest absolute Gasteiger partial charge is 0.408 e. The Bertz CT molecular complexity index is 859. The second-order valence-corrected chi connectivity index (χ2v) is 6.63. The van der Waals surface area contributed by atoms with Crippen LogP contribution in [0.25, 0.3) is 0 Å². The zero-order chi connectivity index (χ0) is 20.8. The van der Waals surface area contributed by atoms with E-state index in [4.69, 9.17) is 19.9 Å². The average Bonchev–Trinajstić information content (AvgIpc) is 2.77. The normalized spacial score (nSPS) is 18.0. The van der Waals surface area contributed by atoms with E-state index >= 15 is 0 Å². The molecule has 0 saturated carbocycles. The first-order valence-electron chi connectivity index (χ1n) is 9.26. The molecule has 1 aliphatic rings. The lowest BCUT2D eigenvalue weighted by Gasteiger charge is -2.46. The van der Waals surface area contributed by atoms with Crippen LogP contribution < -0.4 is 20.5 Å². The van der Waals surface area contributed by atoms with E-state index in [2.05, 4.69) is 5.32 Å². The number of nitrogens with zero attached hydrogens (tertiary/aromatic N) is 1. The van der Waals surface area contributed by atoms with Crippen LogP contribution in [-0.2, 0) is 22.7 Å². The summed E-state index contributed by atoms with van der Waals surface area (Å²) in [4.78, 5) is 26.3. The predicted molar refractivity (Wildman–Crippen MR) is 106 cm³/mol. The number of amides is 2. The number of hydrogen-bond acceptors (Lipinski definition) is 6. The molecule has 0 aliphatic carbocycles. The van der Waals surface area contributed by atoms with Gasteiger partial charge in [-0.1, -0.05) is 30.3 Å². The summed E-state index contributed by atoms with van der Waals surface area (Å²) in [5, 5.41) is 2.62. The van der Waals surface area contributed by atoms with Gasteiger partial charge in [-0.15, -0.1) is 0 Å². The van der Waals surface area contributed by atoms with Crippen molar-refractivity contribution in [2.45, 2.75) is 25.2 Å². The maximum atomic E-state index is 12.6. The Balaban J connectivity index is 1.59. The topological polar surface area (TPSA) is 103 Å². The number of methoxy groups -OCH3 is 2. The fourth-order valence-electron chi connectivity index (χ4n) is 3.28. The summed E-state index contributed by atoms with van der Waals surface area (Å²) in [6, 6.07) is 13.7. The Morgan fingerprint density at radius 3 is 2.55 bits per heavy atom. The molecule has 1 fully saturated rings. The van der Waals surface area contributed by atoms with Crippen LogP contribution in [0.1, 0.15) is 11.1 Å². The number of rotatable bonds is 8. The quantitative estimate of drug-likeness (QED) is 0.655. The summed E-state index contributed by atoms with van der Waals surface area (Å²) >= 11 is 0. The van der Waals surface area contributed by atoms with Gasteiger partial charge in [-0.05, 0) is 17.7 Å². The molecule has 2 amide bonds. The first-order valence-corrected chi connectivity index (χ1v) is 9.26. The fraction of sp³-hybridized carbons (Fsp3) is 0.333. The lowest BCUT2D eigenvalue weighted by Crippen LogP contribution is -2.72. The minimum Gasteiger partial charge on any atom is -0.497 e. The number of alkyl carbamates (subject to hydrolysis) is 1. The minimum absolute atomic E-state index is 0.133.